The minimum absolute atomic E-state index is 0.134. The first-order valence-corrected chi connectivity index (χ1v) is 8.79. The van der Waals surface area contributed by atoms with Gasteiger partial charge in [-0.1, -0.05) is 33.1 Å². The number of carbonyl (C=O) groups excluding carboxylic acids is 1. The van der Waals surface area contributed by atoms with Crippen LogP contribution >= 0.6 is 11.3 Å². The second-order valence-electron chi connectivity index (χ2n) is 6.49. The Bertz CT molecular complexity index is 496. The van der Waals surface area contributed by atoms with E-state index in [-0.39, 0.29) is 5.91 Å². The molecule has 0 aromatic carbocycles. The van der Waals surface area contributed by atoms with Gasteiger partial charge in [-0.2, -0.15) is 0 Å². The Balaban J connectivity index is 1.69. The molecule has 0 radical (unpaired) electrons. The van der Waals surface area contributed by atoms with Crippen molar-refractivity contribution < 1.29 is 9.53 Å². The molecule has 21 heavy (non-hydrogen) atoms. The molecule has 1 atom stereocenters. The van der Waals surface area contributed by atoms with E-state index in [2.05, 4.69) is 18.8 Å². The maximum atomic E-state index is 12.7. The molecule has 0 spiro atoms. The van der Waals surface area contributed by atoms with E-state index < -0.39 is 0 Å². The van der Waals surface area contributed by atoms with Crippen LogP contribution < -0.4 is 0 Å². The monoisotopic (exact) mass is 308 g/mol. The third kappa shape index (κ3) is 3.29. The fourth-order valence-corrected chi connectivity index (χ4v) is 3.91. The topological polar surface area (TPSA) is 42.4 Å². The summed E-state index contributed by atoms with van der Waals surface area (Å²) in [4.78, 5) is 19.8. The minimum atomic E-state index is 0.134. The zero-order valence-electron chi connectivity index (χ0n) is 12.9. The molecule has 2 heterocycles. The van der Waals surface area contributed by atoms with E-state index in [9.17, 15) is 4.79 Å². The zero-order valence-corrected chi connectivity index (χ0v) is 13.7. The largest absolute Gasteiger partial charge is 0.379 e. The van der Waals surface area contributed by atoms with E-state index in [0.29, 0.717) is 25.0 Å². The zero-order chi connectivity index (χ0) is 14.8. The SMILES string of the molecule is CC(C)c1ncc(C(=O)N2CCOC[C@@H](C3CCC3)C2)s1. The number of amides is 1. The number of aromatic nitrogens is 1. The molecule has 0 unspecified atom stereocenters. The van der Waals surface area contributed by atoms with Crippen molar-refractivity contribution >= 4 is 17.2 Å². The lowest BCUT2D eigenvalue weighted by atomic mass is 9.76. The molecule has 1 saturated carbocycles. The number of hydrogen-bond acceptors (Lipinski definition) is 4. The van der Waals surface area contributed by atoms with Gasteiger partial charge in [-0.3, -0.25) is 4.79 Å². The second-order valence-corrected chi connectivity index (χ2v) is 7.56. The summed E-state index contributed by atoms with van der Waals surface area (Å²) in [5.41, 5.74) is 0. The summed E-state index contributed by atoms with van der Waals surface area (Å²) in [7, 11) is 0. The van der Waals surface area contributed by atoms with E-state index in [0.717, 1.165) is 29.0 Å². The molecule has 1 saturated heterocycles. The molecular formula is C16H24N2O2S. The maximum absolute atomic E-state index is 12.7. The van der Waals surface area contributed by atoms with Gasteiger partial charge in [0.05, 0.1) is 24.4 Å². The van der Waals surface area contributed by atoms with Crippen LogP contribution in [0.5, 0.6) is 0 Å². The van der Waals surface area contributed by atoms with Crippen LogP contribution in [-0.2, 0) is 4.74 Å². The molecule has 0 N–H and O–H groups in total. The van der Waals surface area contributed by atoms with E-state index >= 15 is 0 Å². The van der Waals surface area contributed by atoms with Crippen molar-refractivity contribution in [1.29, 1.82) is 0 Å². The predicted octanol–water partition coefficient (Wildman–Crippen LogP) is 3.16. The smallest absolute Gasteiger partial charge is 0.265 e. The van der Waals surface area contributed by atoms with Crippen LogP contribution in [0.1, 0.15) is 53.7 Å². The molecule has 0 bridgehead atoms. The number of hydrogen-bond donors (Lipinski definition) is 0. The summed E-state index contributed by atoms with van der Waals surface area (Å²) < 4.78 is 5.72. The lowest BCUT2D eigenvalue weighted by Crippen LogP contribution is -2.39. The number of rotatable bonds is 3. The molecule has 1 amide bonds. The van der Waals surface area contributed by atoms with Gasteiger partial charge in [0, 0.05) is 24.9 Å². The highest BCUT2D eigenvalue weighted by atomic mass is 32.1. The summed E-state index contributed by atoms with van der Waals surface area (Å²) >= 11 is 1.54. The summed E-state index contributed by atoms with van der Waals surface area (Å²) in [5.74, 6) is 1.79. The summed E-state index contributed by atoms with van der Waals surface area (Å²) in [5, 5.41) is 1.04. The minimum Gasteiger partial charge on any atom is -0.379 e. The van der Waals surface area contributed by atoms with Crippen molar-refractivity contribution in [2.75, 3.05) is 26.3 Å². The standard InChI is InChI=1S/C16H24N2O2S/c1-11(2)15-17-8-14(21-15)16(19)18-6-7-20-10-13(9-18)12-4-3-5-12/h8,11-13H,3-7,9-10H2,1-2H3/t13-/m0/s1. The van der Waals surface area contributed by atoms with Crippen molar-refractivity contribution in [3.05, 3.63) is 16.1 Å². The molecule has 4 nitrogen and oxygen atoms in total. The average molecular weight is 308 g/mol. The van der Waals surface area contributed by atoms with Gasteiger partial charge in [-0.25, -0.2) is 4.98 Å². The first kappa shape index (κ1) is 15.0. The Kier molecular flexibility index (Phi) is 4.60. The van der Waals surface area contributed by atoms with Gasteiger partial charge in [-0.15, -0.1) is 11.3 Å². The lowest BCUT2D eigenvalue weighted by molar-refractivity contribution is 0.0691. The fraction of sp³-hybridized carbons (Fsp3) is 0.750. The van der Waals surface area contributed by atoms with Crippen molar-refractivity contribution in [3.63, 3.8) is 0 Å². The van der Waals surface area contributed by atoms with Crippen molar-refractivity contribution in [2.45, 2.75) is 39.0 Å². The van der Waals surface area contributed by atoms with E-state index in [1.165, 1.54) is 30.6 Å². The van der Waals surface area contributed by atoms with Crippen LogP contribution in [0.4, 0.5) is 0 Å². The molecule has 3 rings (SSSR count). The molecule has 1 aliphatic heterocycles. The maximum Gasteiger partial charge on any atom is 0.265 e. The van der Waals surface area contributed by atoms with E-state index in [4.69, 9.17) is 4.74 Å². The van der Waals surface area contributed by atoms with Crippen LogP contribution in [0.25, 0.3) is 0 Å². The molecule has 1 aromatic heterocycles. The highest BCUT2D eigenvalue weighted by Crippen LogP contribution is 2.35. The van der Waals surface area contributed by atoms with Crippen LogP contribution in [0.15, 0.2) is 6.20 Å². The van der Waals surface area contributed by atoms with Crippen molar-refractivity contribution in [3.8, 4) is 0 Å². The molecule has 1 aliphatic carbocycles. The summed E-state index contributed by atoms with van der Waals surface area (Å²) in [6.45, 7) is 7.24. The average Bonchev–Trinajstić information content (AvgIpc) is 2.77. The highest BCUT2D eigenvalue weighted by molar-refractivity contribution is 7.13. The summed E-state index contributed by atoms with van der Waals surface area (Å²) in [6, 6.07) is 0. The quantitative estimate of drug-likeness (QED) is 0.861. The highest BCUT2D eigenvalue weighted by Gasteiger charge is 2.32. The normalized spacial score (nSPS) is 24.0. The second kappa shape index (κ2) is 6.44. The van der Waals surface area contributed by atoms with Crippen LogP contribution in [0.2, 0.25) is 0 Å². The Morgan fingerprint density at radius 2 is 2.24 bits per heavy atom. The number of carbonyl (C=O) groups is 1. The van der Waals surface area contributed by atoms with Gasteiger partial charge < -0.3 is 9.64 Å². The Hall–Kier alpha value is -0.940. The third-order valence-electron chi connectivity index (χ3n) is 4.62. The van der Waals surface area contributed by atoms with Crippen LogP contribution in [0.3, 0.4) is 0 Å². The van der Waals surface area contributed by atoms with Gasteiger partial charge in [0.1, 0.15) is 4.88 Å². The fourth-order valence-electron chi connectivity index (χ4n) is 3.03. The van der Waals surface area contributed by atoms with Crippen molar-refractivity contribution in [2.24, 2.45) is 11.8 Å². The van der Waals surface area contributed by atoms with Gasteiger partial charge in [0.2, 0.25) is 0 Å². The molecular weight excluding hydrogens is 284 g/mol. The third-order valence-corrected chi connectivity index (χ3v) is 5.91. The number of thiazole rings is 1. The molecule has 116 valence electrons. The van der Waals surface area contributed by atoms with E-state index in [1.807, 2.05) is 4.90 Å². The van der Waals surface area contributed by atoms with Gasteiger partial charge in [0.15, 0.2) is 0 Å². The van der Waals surface area contributed by atoms with Gasteiger partial charge in [-0.05, 0) is 5.92 Å². The first-order valence-electron chi connectivity index (χ1n) is 7.98. The molecule has 2 aliphatic rings. The lowest BCUT2D eigenvalue weighted by Gasteiger charge is -2.34. The Labute approximate surface area is 130 Å². The Morgan fingerprint density at radius 1 is 1.43 bits per heavy atom. The Morgan fingerprint density at radius 3 is 2.86 bits per heavy atom. The first-order chi connectivity index (χ1) is 10.1. The predicted molar refractivity (Wildman–Crippen MR) is 83.8 cm³/mol. The van der Waals surface area contributed by atoms with Gasteiger partial charge in [0.25, 0.3) is 5.91 Å². The van der Waals surface area contributed by atoms with Crippen LogP contribution in [0, 0.1) is 11.8 Å². The number of ether oxygens (including phenoxy) is 1. The molecule has 5 heteroatoms. The van der Waals surface area contributed by atoms with Gasteiger partial charge >= 0.3 is 0 Å². The van der Waals surface area contributed by atoms with Crippen molar-refractivity contribution in [1.82, 2.24) is 9.88 Å². The number of nitrogens with zero attached hydrogens (tertiary/aromatic N) is 2. The molecule has 2 fully saturated rings. The molecule has 1 aromatic rings. The summed E-state index contributed by atoms with van der Waals surface area (Å²) in [6.07, 6.45) is 5.68. The van der Waals surface area contributed by atoms with E-state index in [1.54, 1.807) is 6.20 Å². The van der Waals surface area contributed by atoms with Crippen LogP contribution in [-0.4, -0.2) is 42.1 Å².